The monoisotopic (exact) mass is 274 g/mol. The van der Waals surface area contributed by atoms with E-state index in [4.69, 9.17) is 4.74 Å². The van der Waals surface area contributed by atoms with E-state index >= 15 is 0 Å². The molecule has 0 aliphatic rings. The smallest absolute Gasteiger partial charge is 0.126 e. The Labute approximate surface area is 118 Å². The van der Waals surface area contributed by atoms with Crippen LogP contribution in [0.4, 0.5) is 4.39 Å². The van der Waals surface area contributed by atoms with Crippen LogP contribution in [-0.2, 0) is 11.2 Å². The Kier molecular flexibility index (Phi) is 4.88. The number of hydrogen-bond acceptors (Lipinski definition) is 2. The SMILES string of the molecule is COCCc1ccc(C(O)c2ccc(C)c(F)c2)cc1. The van der Waals surface area contributed by atoms with Crippen molar-refractivity contribution in [2.45, 2.75) is 19.4 Å². The van der Waals surface area contributed by atoms with E-state index in [0.29, 0.717) is 17.7 Å². The van der Waals surface area contributed by atoms with E-state index < -0.39 is 6.10 Å². The molecule has 0 aliphatic carbocycles. The second-order valence-corrected chi connectivity index (χ2v) is 4.90. The molecule has 3 heteroatoms. The highest BCUT2D eigenvalue weighted by atomic mass is 19.1. The Morgan fingerprint density at radius 2 is 1.75 bits per heavy atom. The van der Waals surface area contributed by atoms with E-state index in [2.05, 4.69) is 0 Å². The first-order valence-electron chi connectivity index (χ1n) is 6.63. The van der Waals surface area contributed by atoms with Gasteiger partial charge in [0.25, 0.3) is 0 Å². The fraction of sp³-hybridized carbons (Fsp3) is 0.294. The molecule has 0 saturated heterocycles. The van der Waals surface area contributed by atoms with Gasteiger partial charge in [0.05, 0.1) is 6.61 Å². The number of aryl methyl sites for hydroxylation is 1. The molecule has 1 N–H and O–H groups in total. The molecule has 0 aliphatic heterocycles. The summed E-state index contributed by atoms with van der Waals surface area (Å²) in [5.74, 6) is -0.293. The number of methoxy groups -OCH3 is 1. The third kappa shape index (κ3) is 3.44. The minimum absolute atomic E-state index is 0.293. The lowest BCUT2D eigenvalue weighted by molar-refractivity contribution is 0.202. The maximum absolute atomic E-state index is 13.5. The van der Waals surface area contributed by atoms with Crippen molar-refractivity contribution in [2.24, 2.45) is 0 Å². The molecule has 0 saturated carbocycles. The zero-order valence-electron chi connectivity index (χ0n) is 11.8. The van der Waals surface area contributed by atoms with E-state index in [9.17, 15) is 9.50 Å². The highest BCUT2D eigenvalue weighted by molar-refractivity contribution is 5.33. The van der Waals surface area contributed by atoms with Gasteiger partial charge >= 0.3 is 0 Å². The molecule has 0 heterocycles. The molecule has 0 aromatic heterocycles. The number of aliphatic hydroxyl groups excluding tert-OH is 1. The summed E-state index contributed by atoms with van der Waals surface area (Å²) in [4.78, 5) is 0. The van der Waals surface area contributed by atoms with Gasteiger partial charge < -0.3 is 9.84 Å². The first-order chi connectivity index (χ1) is 9.61. The Morgan fingerprint density at radius 1 is 1.10 bits per heavy atom. The molecule has 0 amide bonds. The Morgan fingerprint density at radius 3 is 2.35 bits per heavy atom. The number of ether oxygens (including phenoxy) is 1. The van der Waals surface area contributed by atoms with Crippen molar-refractivity contribution in [3.63, 3.8) is 0 Å². The van der Waals surface area contributed by atoms with Crippen LogP contribution in [0.15, 0.2) is 42.5 Å². The summed E-state index contributed by atoms with van der Waals surface area (Å²) in [6.45, 7) is 2.38. The van der Waals surface area contributed by atoms with Crippen LogP contribution in [0.3, 0.4) is 0 Å². The third-order valence-electron chi connectivity index (χ3n) is 3.40. The summed E-state index contributed by atoms with van der Waals surface area (Å²) in [7, 11) is 1.67. The maximum Gasteiger partial charge on any atom is 0.126 e. The number of aliphatic hydroxyl groups is 1. The van der Waals surface area contributed by atoms with Crippen LogP contribution in [-0.4, -0.2) is 18.8 Å². The molecule has 2 rings (SSSR count). The maximum atomic E-state index is 13.5. The van der Waals surface area contributed by atoms with Gasteiger partial charge in [0.1, 0.15) is 11.9 Å². The summed E-state index contributed by atoms with van der Waals surface area (Å²) >= 11 is 0. The van der Waals surface area contributed by atoms with Crippen molar-refractivity contribution in [3.8, 4) is 0 Å². The normalized spacial score (nSPS) is 12.4. The van der Waals surface area contributed by atoms with Gasteiger partial charge in [-0.25, -0.2) is 4.39 Å². The highest BCUT2D eigenvalue weighted by Gasteiger charge is 2.12. The topological polar surface area (TPSA) is 29.5 Å². The minimum atomic E-state index is -0.804. The van der Waals surface area contributed by atoms with Gasteiger partial charge in [-0.1, -0.05) is 36.4 Å². The molecule has 2 aromatic carbocycles. The summed E-state index contributed by atoms with van der Waals surface area (Å²) in [5, 5.41) is 10.3. The molecule has 0 fully saturated rings. The fourth-order valence-electron chi connectivity index (χ4n) is 2.06. The first kappa shape index (κ1) is 14.7. The molecular formula is C17H19FO2. The first-order valence-corrected chi connectivity index (χ1v) is 6.63. The molecule has 1 unspecified atom stereocenters. The highest BCUT2D eigenvalue weighted by Crippen LogP contribution is 2.24. The van der Waals surface area contributed by atoms with Crippen LogP contribution >= 0.6 is 0 Å². The standard InChI is InChI=1S/C17H19FO2/c1-12-3-6-15(11-16(12)18)17(19)14-7-4-13(5-8-14)9-10-20-2/h3-8,11,17,19H,9-10H2,1-2H3. The molecule has 20 heavy (non-hydrogen) atoms. The van der Waals surface area contributed by atoms with Gasteiger partial charge in [-0.15, -0.1) is 0 Å². The van der Waals surface area contributed by atoms with Crippen molar-refractivity contribution in [1.29, 1.82) is 0 Å². The zero-order valence-corrected chi connectivity index (χ0v) is 11.8. The van der Waals surface area contributed by atoms with E-state index in [1.165, 1.54) is 6.07 Å². The van der Waals surface area contributed by atoms with Gasteiger partial charge in [0.15, 0.2) is 0 Å². The van der Waals surface area contributed by atoms with Gasteiger partial charge in [0.2, 0.25) is 0 Å². The Bertz CT molecular complexity index is 564. The third-order valence-corrected chi connectivity index (χ3v) is 3.40. The number of benzene rings is 2. The molecular weight excluding hydrogens is 255 g/mol. The predicted molar refractivity (Wildman–Crippen MR) is 77.2 cm³/mol. The summed E-state index contributed by atoms with van der Waals surface area (Å²) in [6.07, 6.45) is 0.0352. The molecule has 2 nitrogen and oxygen atoms in total. The van der Waals surface area contributed by atoms with E-state index in [1.54, 1.807) is 26.2 Å². The minimum Gasteiger partial charge on any atom is -0.384 e. The number of hydrogen-bond donors (Lipinski definition) is 1. The molecule has 0 bridgehead atoms. The molecule has 106 valence electrons. The van der Waals surface area contributed by atoms with E-state index in [-0.39, 0.29) is 5.82 Å². The lowest BCUT2D eigenvalue weighted by Crippen LogP contribution is -2.01. The van der Waals surface area contributed by atoms with Crippen molar-refractivity contribution in [1.82, 2.24) is 0 Å². The summed E-state index contributed by atoms with van der Waals surface area (Å²) in [6, 6.07) is 12.5. The van der Waals surface area contributed by atoms with Crippen molar-refractivity contribution >= 4 is 0 Å². The van der Waals surface area contributed by atoms with Gasteiger partial charge in [-0.05, 0) is 41.7 Å². The molecule has 0 radical (unpaired) electrons. The van der Waals surface area contributed by atoms with Crippen LogP contribution in [0.5, 0.6) is 0 Å². The number of rotatable bonds is 5. The van der Waals surface area contributed by atoms with Crippen LogP contribution < -0.4 is 0 Å². The summed E-state index contributed by atoms with van der Waals surface area (Å²) in [5.41, 5.74) is 3.06. The van der Waals surface area contributed by atoms with Gasteiger partial charge in [0, 0.05) is 7.11 Å². The summed E-state index contributed by atoms with van der Waals surface area (Å²) < 4.78 is 18.6. The van der Waals surface area contributed by atoms with Crippen molar-refractivity contribution < 1.29 is 14.2 Å². The number of halogens is 1. The average molecular weight is 274 g/mol. The van der Waals surface area contributed by atoms with Crippen LogP contribution in [0.1, 0.15) is 28.4 Å². The van der Waals surface area contributed by atoms with Gasteiger partial charge in [-0.3, -0.25) is 0 Å². The van der Waals surface area contributed by atoms with Crippen molar-refractivity contribution in [3.05, 3.63) is 70.5 Å². The lowest BCUT2D eigenvalue weighted by Gasteiger charge is -2.13. The second kappa shape index (κ2) is 6.64. The predicted octanol–water partition coefficient (Wildman–Crippen LogP) is 3.40. The van der Waals surface area contributed by atoms with Gasteiger partial charge in [-0.2, -0.15) is 0 Å². The Hall–Kier alpha value is -1.71. The van der Waals surface area contributed by atoms with Crippen LogP contribution in [0.2, 0.25) is 0 Å². The second-order valence-electron chi connectivity index (χ2n) is 4.90. The lowest BCUT2D eigenvalue weighted by atomic mass is 9.99. The van der Waals surface area contributed by atoms with Crippen LogP contribution in [0, 0.1) is 12.7 Å². The zero-order chi connectivity index (χ0) is 14.5. The quantitative estimate of drug-likeness (QED) is 0.905. The average Bonchev–Trinajstić information content (AvgIpc) is 2.48. The molecule has 1 atom stereocenters. The van der Waals surface area contributed by atoms with E-state index in [1.807, 2.05) is 24.3 Å². The van der Waals surface area contributed by atoms with Crippen molar-refractivity contribution in [2.75, 3.05) is 13.7 Å². The van der Waals surface area contributed by atoms with E-state index in [0.717, 1.165) is 17.5 Å². The Balaban J connectivity index is 2.15. The molecule has 2 aromatic rings. The molecule has 0 spiro atoms. The fourth-order valence-corrected chi connectivity index (χ4v) is 2.06. The largest absolute Gasteiger partial charge is 0.384 e. The van der Waals surface area contributed by atoms with Crippen LogP contribution in [0.25, 0.3) is 0 Å².